The highest BCUT2D eigenvalue weighted by Gasteiger charge is 2.25. The number of benzene rings is 1. The van der Waals surface area contributed by atoms with Gasteiger partial charge in [-0.3, -0.25) is 9.79 Å². The number of hydrogen-bond acceptors (Lipinski definition) is 3. The van der Waals surface area contributed by atoms with Gasteiger partial charge >= 0.3 is 0 Å². The molecule has 0 aliphatic carbocycles. The van der Waals surface area contributed by atoms with Gasteiger partial charge in [-0.05, 0) is 30.7 Å². The van der Waals surface area contributed by atoms with Crippen LogP contribution in [0.25, 0.3) is 0 Å². The Balaban J connectivity index is 1.67. The van der Waals surface area contributed by atoms with Crippen molar-refractivity contribution in [2.75, 3.05) is 32.4 Å². The summed E-state index contributed by atoms with van der Waals surface area (Å²) in [6, 6.07) is 6.76. The number of thioether (sulfide) groups is 1. The molecule has 1 unspecified atom stereocenters. The molecular weight excluding hydrogens is 327 g/mol. The van der Waals surface area contributed by atoms with Crippen LogP contribution < -0.4 is 10.6 Å². The summed E-state index contributed by atoms with van der Waals surface area (Å²) in [5, 5.41) is 6.64. The molecule has 0 radical (unpaired) electrons. The molecule has 0 aromatic heterocycles. The Bertz CT molecular complexity index is 564. The van der Waals surface area contributed by atoms with Gasteiger partial charge in [0.15, 0.2) is 5.96 Å². The third kappa shape index (κ3) is 5.70. The third-order valence-electron chi connectivity index (χ3n) is 3.88. The standard InChI is InChI=1S/C17H25FN4OS/c1-3-16(23)22-10-8-14(12-22)21-17(19-2)20-9-11-24-15-6-4-13(18)5-7-15/h4-7,14H,3,8-12H2,1-2H3,(H2,19,20,21). The maximum absolute atomic E-state index is 12.9. The number of nitrogens with zero attached hydrogens (tertiary/aromatic N) is 2. The summed E-state index contributed by atoms with van der Waals surface area (Å²) in [5.74, 6) is 1.61. The first-order valence-electron chi connectivity index (χ1n) is 8.25. The van der Waals surface area contributed by atoms with Crippen molar-refractivity contribution in [3.05, 3.63) is 30.1 Å². The van der Waals surface area contributed by atoms with Gasteiger partial charge in [-0.15, -0.1) is 11.8 Å². The van der Waals surface area contributed by atoms with Crippen LogP contribution in [0.1, 0.15) is 19.8 Å². The van der Waals surface area contributed by atoms with E-state index in [1.165, 1.54) is 12.1 Å². The summed E-state index contributed by atoms with van der Waals surface area (Å²) in [5.41, 5.74) is 0. The second-order valence-electron chi connectivity index (χ2n) is 5.62. The number of guanidine groups is 1. The smallest absolute Gasteiger partial charge is 0.222 e. The maximum atomic E-state index is 12.9. The van der Waals surface area contributed by atoms with Gasteiger partial charge in [-0.2, -0.15) is 0 Å². The molecule has 5 nitrogen and oxygen atoms in total. The largest absolute Gasteiger partial charge is 0.356 e. The topological polar surface area (TPSA) is 56.7 Å². The molecule has 1 saturated heterocycles. The van der Waals surface area contributed by atoms with E-state index in [4.69, 9.17) is 0 Å². The van der Waals surface area contributed by atoms with E-state index >= 15 is 0 Å². The van der Waals surface area contributed by atoms with Crippen LogP contribution in [0.4, 0.5) is 4.39 Å². The molecule has 1 aliphatic rings. The molecule has 1 heterocycles. The van der Waals surface area contributed by atoms with Crippen molar-refractivity contribution in [3.8, 4) is 0 Å². The monoisotopic (exact) mass is 352 g/mol. The summed E-state index contributed by atoms with van der Waals surface area (Å²) in [6.07, 6.45) is 1.50. The Morgan fingerprint density at radius 3 is 2.83 bits per heavy atom. The fourth-order valence-electron chi connectivity index (χ4n) is 2.59. The Morgan fingerprint density at radius 1 is 1.42 bits per heavy atom. The van der Waals surface area contributed by atoms with Gasteiger partial charge in [0.05, 0.1) is 0 Å². The lowest BCUT2D eigenvalue weighted by Gasteiger charge is -2.18. The van der Waals surface area contributed by atoms with Gasteiger partial charge in [0.1, 0.15) is 5.82 Å². The van der Waals surface area contributed by atoms with Crippen LogP contribution in [0, 0.1) is 5.82 Å². The molecule has 1 fully saturated rings. The molecule has 0 bridgehead atoms. The van der Waals surface area contributed by atoms with Crippen LogP contribution >= 0.6 is 11.8 Å². The van der Waals surface area contributed by atoms with Crippen molar-refractivity contribution in [1.82, 2.24) is 15.5 Å². The number of likely N-dealkylation sites (tertiary alicyclic amines) is 1. The summed E-state index contributed by atoms with van der Waals surface area (Å²) in [7, 11) is 1.74. The van der Waals surface area contributed by atoms with E-state index in [2.05, 4.69) is 15.6 Å². The molecule has 2 N–H and O–H groups in total. The van der Waals surface area contributed by atoms with Crippen LogP contribution in [0.3, 0.4) is 0 Å². The zero-order valence-corrected chi connectivity index (χ0v) is 15.0. The normalized spacial score (nSPS) is 17.9. The quantitative estimate of drug-likeness (QED) is 0.356. The molecule has 1 atom stereocenters. The first-order chi connectivity index (χ1) is 11.6. The summed E-state index contributed by atoms with van der Waals surface area (Å²) in [4.78, 5) is 18.9. The molecule has 1 aromatic carbocycles. The minimum atomic E-state index is -0.214. The van der Waals surface area contributed by atoms with Gasteiger partial charge in [0.2, 0.25) is 5.91 Å². The summed E-state index contributed by atoms with van der Waals surface area (Å²) in [6.45, 7) is 4.19. The Hall–Kier alpha value is -1.76. The Labute approximate surface area is 147 Å². The second kappa shape index (κ2) is 9.52. The van der Waals surface area contributed by atoms with Crippen molar-refractivity contribution >= 4 is 23.6 Å². The highest BCUT2D eigenvalue weighted by atomic mass is 32.2. The molecular formula is C17H25FN4OS. The number of nitrogens with one attached hydrogen (secondary N) is 2. The molecule has 132 valence electrons. The number of hydrogen-bond donors (Lipinski definition) is 2. The first kappa shape index (κ1) is 18.6. The minimum Gasteiger partial charge on any atom is -0.356 e. The minimum absolute atomic E-state index is 0.206. The summed E-state index contributed by atoms with van der Waals surface area (Å²) < 4.78 is 12.9. The molecule has 1 amide bonds. The van der Waals surface area contributed by atoms with Crippen molar-refractivity contribution in [3.63, 3.8) is 0 Å². The van der Waals surface area contributed by atoms with Crippen molar-refractivity contribution < 1.29 is 9.18 Å². The maximum Gasteiger partial charge on any atom is 0.222 e. The third-order valence-corrected chi connectivity index (χ3v) is 4.90. The predicted molar refractivity (Wildman–Crippen MR) is 96.9 cm³/mol. The van der Waals surface area contributed by atoms with Crippen LogP contribution in [-0.4, -0.2) is 55.2 Å². The van der Waals surface area contributed by atoms with Crippen LogP contribution in [0.15, 0.2) is 34.2 Å². The van der Waals surface area contributed by atoms with E-state index in [0.29, 0.717) is 6.42 Å². The van der Waals surface area contributed by atoms with Gasteiger partial charge in [-0.1, -0.05) is 6.92 Å². The lowest BCUT2D eigenvalue weighted by molar-refractivity contribution is -0.129. The van der Waals surface area contributed by atoms with Crippen LogP contribution in [0.2, 0.25) is 0 Å². The van der Waals surface area contributed by atoms with E-state index in [1.807, 2.05) is 11.8 Å². The van der Waals surface area contributed by atoms with E-state index < -0.39 is 0 Å². The number of carbonyl (C=O) groups excluding carboxylic acids is 1. The van der Waals surface area contributed by atoms with E-state index in [-0.39, 0.29) is 17.8 Å². The number of carbonyl (C=O) groups is 1. The number of amides is 1. The fraction of sp³-hybridized carbons (Fsp3) is 0.529. The fourth-order valence-corrected chi connectivity index (χ4v) is 3.35. The highest BCUT2D eigenvalue weighted by Crippen LogP contribution is 2.17. The molecule has 0 saturated carbocycles. The van der Waals surface area contributed by atoms with Gasteiger partial charge in [0.25, 0.3) is 0 Å². The first-order valence-corrected chi connectivity index (χ1v) is 9.24. The van der Waals surface area contributed by atoms with Gasteiger partial charge in [-0.25, -0.2) is 4.39 Å². The second-order valence-corrected chi connectivity index (χ2v) is 6.79. The Morgan fingerprint density at radius 2 is 2.17 bits per heavy atom. The molecule has 1 aromatic rings. The van der Waals surface area contributed by atoms with Crippen LogP contribution in [-0.2, 0) is 4.79 Å². The Kier molecular flexibility index (Phi) is 7.36. The van der Waals surface area contributed by atoms with Crippen molar-refractivity contribution in [2.45, 2.75) is 30.7 Å². The van der Waals surface area contributed by atoms with Crippen molar-refractivity contribution in [1.29, 1.82) is 0 Å². The highest BCUT2D eigenvalue weighted by molar-refractivity contribution is 7.99. The number of halogens is 1. The number of aliphatic imine (C=N–C) groups is 1. The van der Waals surface area contributed by atoms with Crippen LogP contribution in [0.5, 0.6) is 0 Å². The van der Waals surface area contributed by atoms with E-state index in [1.54, 1.807) is 30.9 Å². The van der Waals surface area contributed by atoms with Gasteiger partial charge in [0, 0.05) is 49.8 Å². The van der Waals surface area contributed by atoms with E-state index in [9.17, 15) is 9.18 Å². The van der Waals surface area contributed by atoms with E-state index in [0.717, 1.165) is 42.7 Å². The molecule has 2 rings (SSSR count). The molecule has 0 spiro atoms. The molecule has 7 heteroatoms. The predicted octanol–water partition coefficient (Wildman–Crippen LogP) is 2.09. The van der Waals surface area contributed by atoms with Crippen molar-refractivity contribution in [2.24, 2.45) is 4.99 Å². The average Bonchev–Trinajstić information content (AvgIpc) is 3.07. The SMILES string of the molecule is CCC(=O)N1CCC(NC(=NC)NCCSc2ccc(F)cc2)C1. The summed E-state index contributed by atoms with van der Waals surface area (Å²) >= 11 is 1.67. The molecule has 24 heavy (non-hydrogen) atoms. The average molecular weight is 352 g/mol. The lowest BCUT2D eigenvalue weighted by Crippen LogP contribution is -2.45. The molecule has 1 aliphatic heterocycles. The number of rotatable bonds is 6. The zero-order chi connectivity index (χ0) is 17.4. The zero-order valence-electron chi connectivity index (χ0n) is 14.2. The van der Waals surface area contributed by atoms with Gasteiger partial charge < -0.3 is 15.5 Å². The lowest BCUT2D eigenvalue weighted by atomic mass is 10.3.